The lowest BCUT2D eigenvalue weighted by molar-refractivity contribution is -0.116. The summed E-state index contributed by atoms with van der Waals surface area (Å²) in [6, 6.07) is 22.3. The van der Waals surface area contributed by atoms with Gasteiger partial charge < -0.3 is 15.2 Å². The number of fused-ring (bicyclic) bond motifs is 2. The number of hydrogen-bond donors (Lipinski definition) is 2. The van der Waals surface area contributed by atoms with Crippen molar-refractivity contribution in [3.63, 3.8) is 0 Å². The maximum atomic E-state index is 13.6. The molecule has 1 atom stereocenters. The van der Waals surface area contributed by atoms with E-state index in [1.54, 1.807) is 0 Å². The van der Waals surface area contributed by atoms with Crippen LogP contribution < -0.4 is 10.1 Å². The van der Waals surface area contributed by atoms with Gasteiger partial charge in [0.05, 0.1) is 6.10 Å². The largest absolute Gasteiger partial charge is 0.457 e. The molecule has 1 saturated carbocycles. The summed E-state index contributed by atoms with van der Waals surface area (Å²) in [6.45, 7) is 6.50. The smallest absolute Gasteiger partial charge is 0.225 e. The number of rotatable bonds is 8. The molecule has 5 rings (SSSR count). The highest BCUT2D eigenvalue weighted by molar-refractivity contribution is 5.93. The third-order valence-electron chi connectivity index (χ3n) is 8.47. The average molecular weight is 526 g/mol. The molecule has 1 unspecified atom stereocenters. The van der Waals surface area contributed by atoms with Crippen LogP contribution in [0.15, 0.2) is 66.7 Å². The molecule has 0 saturated heterocycles. The zero-order valence-corrected chi connectivity index (χ0v) is 23.7. The second kappa shape index (κ2) is 12.0. The van der Waals surface area contributed by atoms with E-state index in [2.05, 4.69) is 56.4 Å². The van der Waals surface area contributed by atoms with Crippen molar-refractivity contribution in [2.24, 2.45) is 5.92 Å². The Morgan fingerprint density at radius 1 is 0.949 bits per heavy atom. The molecule has 1 aliphatic heterocycles. The highest BCUT2D eigenvalue weighted by Gasteiger charge is 2.29. The van der Waals surface area contributed by atoms with Crippen LogP contribution in [0, 0.1) is 5.92 Å². The fourth-order valence-electron chi connectivity index (χ4n) is 6.37. The van der Waals surface area contributed by atoms with E-state index >= 15 is 0 Å². The fraction of sp³-hybridized carbons (Fsp3) is 0.457. The Labute approximate surface area is 233 Å². The second-order valence-electron chi connectivity index (χ2n) is 12.6. The molecule has 2 aliphatic rings. The van der Waals surface area contributed by atoms with Gasteiger partial charge >= 0.3 is 0 Å². The zero-order valence-electron chi connectivity index (χ0n) is 23.7. The van der Waals surface area contributed by atoms with E-state index in [4.69, 9.17) is 4.74 Å². The Morgan fingerprint density at radius 3 is 2.23 bits per heavy atom. The first-order chi connectivity index (χ1) is 18.8. The van der Waals surface area contributed by atoms with E-state index in [1.807, 2.05) is 36.4 Å². The molecule has 0 radical (unpaired) electrons. The van der Waals surface area contributed by atoms with Crippen LogP contribution in [0.5, 0.6) is 11.5 Å². The summed E-state index contributed by atoms with van der Waals surface area (Å²) in [5.41, 5.74) is 4.96. The molecule has 4 heteroatoms. The SMILES string of the molecule is CC(C)(C)c1ccc(CC(O)CCC2CCCCC2)cc1NC(=O)CC1c2ccccc2Oc2ccccc21. The minimum absolute atomic E-state index is 0.0213. The van der Waals surface area contributed by atoms with Crippen LogP contribution in [-0.4, -0.2) is 17.1 Å². The predicted octanol–water partition coefficient (Wildman–Crippen LogP) is 8.51. The number of amides is 1. The van der Waals surface area contributed by atoms with Crippen LogP contribution in [0.25, 0.3) is 0 Å². The van der Waals surface area contributed by atoms with Gasteiger partial charge in [-0.05, 0) is 59.9 Å². The molecular formula is C35H43NO3. The number of aliphatic hydroxyl groups is 1. The van der Waals surface area contributed by atoms with E-state index in [0.29, 0.717) is 12.8 Å². The molecule has 3 aromatic rings. The fourth-order valence-corrected chi connectivity index (χ4v) is 6.37. The minimum atomic E-state index is -0.355. The van der Waals surface area contributed by atoms with Gasteiger partial charge in [0.15, 0.2) is 0 Å². The second-order valence-corrected chi connectivity index (χ2v) is 12.6. The van der Waals surface area contributed by atoms with Crippen LogP contribution in [0.1, 0.15) is 100 Å². The number of hydrogen-bond acceptors (Lipinski definition) is 3. The summed E-state index contributed by atoms with van der Waals surface area (Å²) in [7, 11) is 0. The number of aliphatic hydroxyl groups excluding tert-OH is 1. The monoisotopic (exact) mass is 525 g/mol. The van der Waals surface area contributed by atoms with Crippen molar-refractivity contribution in [3.05, 3.63) is 89.0 Å². The quantitative estimate of drug-likeness (QED) is 0.310. The van der Waals surface area contributed by atoms with Gasteiger partial charge in [0, 0.05) is 29.2 Å². The highest BCUT2D eigenvalue weighted by atomic mass is 16.5. The molecule has 4 nitrogen and oxygen atoms in total. The van der Waals surface area contributed by atoms with Gasteiger partial charge in [-0.1, -0.05) is 101 Å². The van der Waals surface area contributed by atoms with Gasteiger partial charge in [0.25, 0.3) is 0 Å². The van der Waals surface area contributed by atoms with Crippen molar-refractivity contribution in [1.82, 2.24) is 0 Å². The Balaban J connectivity index is 1.31. The van der Waals surface area contributed by atoms with Crippen LogP contribution >= 0.6 is 0 Å². The Kier molecular flexibility index (Phi) is 8.42. The average Bonchev–Trinajstić information content (AvgIpc) is 2.92. The molecule has 206 valence electrons. The lowest BCUT2D eigenvalue weighted by Crippen LogP contribution is -2.22. The van der Waals surface area contributed by atoms with Gasteiger partial charge in [-0.15, -0.1) is 0 Å². The molecule has 0 bridgehead atoms. The Hall–Kier alpha value is -3.11. The van der Waals surface area contributed by atoms with Crippen molar-refractivity contribution in [2.45, 2.75) is 96.0 Å². The molecular weight excluding hydrogens is 482 g/mol. The molecule has 1 aliphatic carbocycles. The first kappa shape index (κ1) is 27.5. The van der Waals surface area contributed by atoms with Crippen LogP contribution in [0.3, 0.4) is 0 Å². The zero-order chi connectivity index (χ0) is 27.4. The number of ether oxygens (including phenoxy) is 1. The predicted molar refractivity (Wildman–Crippen MR) is 159 cm³/mol. The van der Waals surface area contributed by atoms with E-state index in [0.717, 1.165) is 58.2 Å². The van der Waals surface area contributed by atoms with Crippen LogP contribution in [0.2, 0.25) is 0 Å². The summed E-state index contributed by atoms with van der Waals surface area (Å²) in [5, 5.41) is 14.1. The standard InChI is InChI=1S/C35H43NO3/c1-35(2,3)30-20-18-25(21-26(37)19-17-24-11-5-4-6-12-24)22-31(30)36-34(38)23-29-27-13-7-9-15-32(27)39-33-16-10-8-14-28(29)33/h7-10,13-16,18,20,22,24,26,29,37H,4-6,11-12,17,19,21,23H2,1-3H3,(H,36,38). The maximum absolute atomic E-state index is 13.6. The summed E-state index contributed by atoms with van der Waals surface area (Å²) in [6.07, 6.45) is 9.19. The first-order valence-electron chi connectivity index (χ1n) is 14.7. The van der Waals surface area contributed by atoms with Crippen LogP contribution in [0.4, 0.5) is 5.69 Å². The maximum Gasteiger partial charge on any atom is 0.225 e. The lowest BCUT2D eigenvalue weighted by atomic mass is 9.83. The lowest BCUT2D eigenvalue weighted by Gasteiger charge is -2.28. The van der Waals surface area contributed by atoms with Gasteiger partial charge in [-0.3, -0.25) is 4.79 Å². The number of nitrogens with one attached hydrogen (secondary N) is 1. The molecule has 1 amide bonds. The molecule has 3 aromatic carbocycles. The van der Waals surface area contributed by atoms with E-state index in [-0.39, 0.29) is 23.3 Å². The van der Waals surface area contributed by atoms with Gasteiger partial charge in [-0.25, -0.2) is 0 Å². The van der Waals surface area contributed by atoms with Gasteiger partial charge in [-0.2, -0.15) is 0 Å². The van der Waals surface area contributed by atoms with E-state index in [1.165, 1.54) is 32.1 Å². The summed E-state index contributed by atoms with van der Waals surface area (Å²) < 4.78 is 6.13. The molecule has 39 heavy (non-hydrogen) atoms. The Morgan fingerprint density at radius 2 is 1.59 bits per heavy atom. The normalized spacial score (nSPS) is 16.6. The van der Waals surface area contributed by atoms with Crippen molar-refractivity contribution in [2.75, 3.05) is 5.32 Å². The van der Waals surface area contributed by atoms with Crippen LogP contribution in [-0.2, 0) is 16.6 Å². The molecule has 0 spiro atoms. The topological polar surface area (TPSA) is 58.6 Å². The molecule has 2 N–H and O–H groups in total. The van der Waals surface area contributed by atoms with Crippen molar-refractivity contribution in [3.8, 4) is 11.5 Å². The third kappa shape index (κ3) is 6.73. The van der Waals surface area contributed by atoms with E-state index < -0.39 is 0 Å². The molecule has 1 fully saturated rings. The van der Waals surface area contributed by atoms with Crippen molar-refractivity contribution in [1.29, 1.82) is 0 Å². The summed E-state index contributed by atoms with van der Waals surface area (Å²) in [5.74, 6) is 2.30. The van der Waals surface area contributed by atoms with E-state index in [9.17, 15) is 9.90 Å². The summed E-state index contributed by atoms with van der Waals surface area (Å²) in [4.78, 5) is 13.6. The third-order valence-corrected chi connectivity index (χ3v) is 8.47. The summed E-state index contributed by atoms with van der Waals surface area (Å²) >= 11 is 0. The number of carbonyl (C=O) groups excluding carboxylic acids is 1. The van der Waals surface area contributed by atoms with Gasteiger partial charge in [0.1, 0.15) is 11.5 Å². The van der Waals surface area contributed by atoms with Crippen molar-refractivity contribution >= 4 is 11.6 Å². The Bertz CT molecular complexity index is 1240. The highest BCUT2D eigenvalue weighted by Crippen LogP contribution is 2.45. The molecule has 1 heterocycles. The van der Waals surface area contributed by atoms with Crippen molar-refractivity contribution < 1.29 is 14.6 Å². The molecule has 0 aromatic heterocycles. The minimum Gasteiger partial charge on any atom is -0.457 e. The number of para-hydroxylation sites is 2. The number of benzene rings is 3. The van der Waals surface area contributed by atoms with Gasteiger partial charge in [0.2, 0.25) is 5.91 Å². The first-order valence-corrected chi connectivity index (χ1v) is 14.7. The number of carbonyl (C=O) groups is 1. The number of anilines is 1.